The molecule has 0 aliphatic carbocycles. The summed E-state index contributed by atoms with van der Waals surface area (Å²) in [7, 11) is 0. The predicted molar refractivity (Wildman–Crippen MR) is 111 cm³/mol. The van der Waals surface area contributed by atoms with E-state index in [9.17, 15) is 0 Å². The Balaban J connectivity index is 2.01. The van der Waals surface area contributed by atoms with E-state index in [1.165, 1.54) is 0 Å². The van der Waals surface area contributed by atoms with Gasteiger partial charge in [-0.15, -0.1) is 0 Å². The number of halogens is 1. The van der Waals surface area contributed by atoms with Gasteiger partial charge in [0.05, 0.1) is 12.2 Å². The molecule has 3 rings (SSSR count). The van der Waals surface area contributed by atoms with Crippen molar-refractivity contribution >= 4 is 15.9 Å². The van der Waals surface area contributed by atoms with E-state index < -0.39 is 0 Å². The van der Waals surface area contributed by atoms with Crippen molar-refractivity contribution in [1.29, 1.82) is 0 Å². The zero-order chi connectivity index (χ0) is 18.0. The number of rotatable bonds is 3. The Morgan fingerprint density at radius 3 is 1.88 bits per heavy atom. The molecule has 0 saturated heterocycles. The lowest BCUT2D eigenvalue weighted by atomic mass is 10.1. The Labute approximate surface area is 163 Å². The summed E-state index contributed by atoms with van der Waals surface area (Å²) in [5.41, 5.74) is 3.62. The molecular formula is C24H17BrO. The van der Waals surface area contributed by atoms with Gasteiger partial charge in [0.25, 0.3) is 0 Å². The van der Waals surface area contributed by atoms with Gasteiger partial charge in [0.2, 0.25) is 0 Å². The van der Waals surface area contributed by atoms with Crippen molar-refractivity contribution in [2.75, 3.05) is 11.9 Å². The summed E-state index contributed by atoms with van der Waals surface area (Å²) in [5.74, 6) is 13.7. The van der Waals surface area contributed by atoms with E-state index in [4.69, 9.17) is 4.74 Å². The second-order valence-electron chi connectivity index (χ2n) is 5.45. The topological polar surface area (TPSA) is 9.23 Å². The molecule has 0 aromatic heterocycles. The fraction of sp³-hybridized carbons (Fsp3) is 0.0833. The highest BCUT2D eigenvalue weighted by Gasteiger charge is 2.06. The van der Waals surface area contributed by atoms with Crippen LogP contribution < -0.4 is 4.74 Å². The molecule has 0 aliphatic rings. The van der Waals surface area contributed by atoms with Crippen molar-refractivity contribution < 1.29 is 4.74 Å². The summed E-state index contributed by atoms with van der Waals surface area (Å²) in [4.78, 5) is 0. The van der Waals surface area contributed by atoms with E-state index in [2.05, 4.69) is 39.6 Å². The van der Waals surface area contributed by atoms with Crippen LogP contribution in [-0.2, 0) is 0 Å². The van der Waals surface area contributed by atoms with Crippen LogP contribution >= 0.6 is 15.9 Å². The van der Waals surface area contributed by atoms with Crippen LogP contribution in [0.15, 0.2) is 78.9 Å². The van der Waals surface area contributed by atoms with Crippen LogP contribution in [0, 0.1) is 23.7 Å². The minimum atomic E-state index is 0.579. The molecule has 0 amide bonds. The zero-order valence-corrected chi connectivity index (χ0v) is 15.8. The van der Waals surface area contributed by atoms with Crippen molar-refractivity contribution in [1.82, 2.24) is 0 Å². The fourth-order valence-corrected chi connectivity index (χ4v) is 2.51. The lowest BCUT2D eigenvalue weighted by Gasteiger charge is -2.08. The zero-order valence-electron chi connectivity index (χ0n) is 14.2. The van der Waals surface area contributed by atoms with E-state index in [1.54, 1.807) is 0 Å². The molecule has 0 heterocycles. The quantitative estimate of drug-likeness (QED) is 0.430. The maximum Gasteiger partial charge on any atom is 0.136 e. The molecule has 126 valence electrons. The Hall–Kier alpha value is -2.94. The Morgan fingerprint density at radius 2 is 1.27 bits per heavy atom. The summed E-state index contributed by atoms with van der Waals surface area (Å²) in [6.45, 7) is 0.579. The summed E-state index contributed by atoms with van der Waals surface area (Å²) in [6, 6.07) is 25.7. The predicted octanol–water partition coefficient (Wildman–Crippen LogP) is 5.26. The van der Waals surface area contributed by atoms with Crippen LogP contribution in [0.2, 0.25) is 0 Å². The summed E-state index contributed by atoms with van der Waals surface area (Å²) < 4.78 is 5.85. The number of hydrogen-bond donors (Lipinski definition) is 0. The minimum absolute atomic E-state index is 0.579. The van der Waals surface area contributed by atoms with Crippen molar-refractivity contribution in [2.45, 2.75) is 0 Å². The molecule has 0 radical (unpaired) electrons. The molecule has 0 fully saturated rings. The fourth-order valence-electron chi connectivity index (χ4n) is 2.35. The Kier molecular flexibility index (Phi) is 6.54. The molecule has 0 aliphatic heterocycles. The highest BCUT2D eigenvalue weighted by Crippen LogP contribution is 2.21. The van der Waals surface area contributed by atoms with E-state index in [0.717, 1.165) is 33.3 Å². The molecule has 0 unspecified atom stereocenters. The van der Waals surface area contributed by atoms with E-state index >= 15 is 0 Å². The van der Waals surface area contributed by atoms with Crippen molar-refractivity contribution in [3.63, 3.8) is 0 Å². The van der Waals surface area contributed by atoms with Crippen LogP contribution in [0.25, 0.3) is 0 Å². The van der Waals surface area contributed by atoms with Gasteiger partial charge in [0.1, 0.15) is 5.75 Å². The molecule has 3 aromatic rings. The second-order valence-corrected chi connectivity index (χ2v) is 6.24. The van der Waals surface area contributed by atoms with Gasteiger partial charge in [-0.2, -0.15) is 0 Å². The highest BCUT2D eigenvalue weighted by atomic mass is 79.9. The molecular weight excluding hydrogens is 384 g/mol. The van der Waals surface area contributed by atoms with E-state index in [1.807, 2.05) is 78.9 Å². The summed E-state index contributed by atoms with van der Waals surface area (Å²) in [6.07, 6.45) is 0. The van der Waals surface area contributed by atoms with Gasteiger partial charge >= 0.3 is 0 Å². The first-order valence-corrected chi connectivity index (χ1v) is 9.45. The number of alkyl halides is 1. The lowest BCUT2D eigenvalue weighted by Crippen LogP contribution is -2.01. The SMILES string of the molecule is BrCCOc1cccc(C#Cc2ccccc2)c1C#Cc1ccccc1. The number of hydrogen-bond acceptors (Lipinski definition) is 1. The molecule has 26 heavy (non-hydrogen) atoms. The van der Waals surface area contributed by atoms with Gasteiger partial charge in [-0.25, -0.2) is 0 Å². The molecule has 3 aromatic carbocycles. The third-order valence-corrected chi connectivity index (χ3v) is 3.91. The van der Waals surface area contributed by atoms with Crippen molar-refractivity contribution in [3.05, 3.63) is 101 Å². The van der Waals surface area contributed by atoms with Crippen molar-refractivity contribution in [2.24, 2.45) is 0 Å². The summed E-state index contributed by atoms with van der Waals surface area (Å²) >= 11 is 3.40. The van der Waals surface area contributed by atoms with Crippen LogP contribution in [0.5, 0.6) is 5.75 Å². The van der Waals surface area contributed by atoms with E-state index in [0.29, 0.717) is 6.61 Å². The molecule has 0 atom stereocenters. The molecule has 0 spiro atoms. The molecule has 1 nitrogen and oxygen atoms in total. The van der Waals surface area contributed by atoms with Gasteiger partial charge < -0.3 is 4.74 Å². The Morgan fingerprint density at radius 1 is 0.654 bits per heavy atom. The maximum atomic E-state index is 5.85. The van der Waals surface area contributed by atoms with Crippen LogP contribution in [0.4, 0.5) is 0 Å². The molecule has 0 bridgehead atoms. The van der Waals surface area contributed by atoms with Gasteiger partial charge in [-0.1, -0.05) is 82.1 Å². The van der Waals surface area contributed by atoms with Gasteiger partial charge in [-0.05, 0) is 36.4 Å². The average Bonchev–Trinajstić information content (AvgIpc) is 2.71. The van der Waals surface area contributed by atoms with Gasteiger partial charge in [0.15, 0.2) is 0 Å². The molecule has 2 heteroatoms. The first-order chi connectivity index (χ1) is 12.9. The van der Waals surface area contributed by atoms with Crippen molar-refractivity contribution in [3.8, 4) is 29.4 Å². The van der Waals surface area contributed by atoms with Gasteiger partial charge in [-0.3, -0.25) is 0 Å². The second kappa shape index (κ2) is 9.52. The lowest BCUT2D eigenvalue weighted by molar-refractivity contribution is 0.344. The standard InChI is InChI=1S/C24H17BrO/c25-18-19-26-24-13-7-12-22(16-14-20-8-3-1-4-9-20)23(24)17-15-21-10-5-2-6-11-21/h1-13H,18-19H2. The first kappa shape index (κ1) is 17.9. The number of benzene rings is 3. The van der Waals surface area contributed by atoms with Crippen LogP contribution in [0.1, 0.15) is 22.3 Å². The van der Waals surface area contributed by atoms with Gasteiger partial charge in [0, 0.05) is 22.0 Å². The third kappa shape index (κ3) is 5.03. The number of ether oxygens (including phenoxy) is 1. The van der Waals surface area contributed by atoms with Crippen LogP contribution in [-0.4, -0.2) is 11.9 Å². The maximum absolute atomic E-state index is 5.85. The first-order valence-electron chi connectivity index (χ1n) is 8.33. The normalized spacial score (nSPS) is 9.42. The largest absolute Gasteiger partial charge is 0.491 e. The smallest absolute Gasteiger partial charge is 0.136 e. The highest BCUT2D eigenvalue weighted by molar-refractivity contribution is 9.09. The molecule has 0 saturated carbocycles. The summed E-state index contributed by atoms with van der Waals surface area (Å²) in [5, 5.41) is 0.762. The van der Waals surface area contributed by atoms with Crippen LogP contribution in [0.3, 0.4) is 0 Å². The monoisotopic (exact) mass is 400 g/mol. The average molecular weight is 401 g/mol. The minimum Gasteiger partial charge on any atom is -0.491 e. The molecule has 0 N–H and O–H groups in total. The van der Waals surface area contributed by atoms with E-state index in [-0.39, 0.29) is 0 Å². The third-order valence-electron chi connectivity index (χ3n) is 3.58. The Bertz CT molecular complexity index is 971.